The van der Waals surface area contributed by atoms with Gasteiger partial charge in [0.25, 0.3) is 0 Å². The molecule has 1 fully saturated rings. The molecule has 4 atom stereocenters. The number of carbonyl (C=O) groups excluding carboxylic acids is 3. The van der Waals surface area contributed by atoms with Crippen LogP contribution in [0.25, 0.3) is 11.2 Å². The molecule has 0 radical (unpaired) electrons. The number of Topliss-reactive ketones (excluding diaryl/α,β-unsaturated/α-hetero) is 1. The molecule has 0 amide bonds. The molecule has 13 heteroatoms. The maximum Gasteiger partial charge on any atom is 0.346 e. The zero-order chi connectivity index (χ0) is 29.2. The number of halogens is 1. The molecule has 1 aliphatic heterocycles. The van der Waals surface area contributed by atoms with Crippen molar-refractivity contribution in [2.45, 2.75) is 65.1 Å². The van der Waals surface area contributed by atoms with Gasteiger partial charge in [-0.05, 0) is 31.0 Å². The Morgan fingerprint density at radius 2 is 1.88 bits per heavy atom. The first-order valence-electron chi connectivity index (χ1n) is 12.7. The van der Waals surface area contributed by atoms with E-state index in [0.29, 0.717) is 11.1 Å². The average Bonchev–Trinajstić information content (AvgIpc) is 3.40. The van der Waals surface area contributed by atoms with Gasteiger partial charge in [0.2, 0.25) is 10.9 Å². The van der Waals surface area contributed by atoms with E-state index in [2.05, 4.69) is 15.0 Å². The summed E-state index contributed by atoms with van der Waals surface area (Å²) >= 11 is 6.05. The number of ketones is 1. The summed E-state index contributed by atoms with van der Waals surface area (Å²) in [6.07, 6.45) is -1.09. The molecule has 2 N–H and O–H groups in total. The molecule has 1 unspecified atom stereocenters. The molecule has 40 heavy (non-hydrogen) atoms. The molecule has 0 bridgehead atoms. The molecule has 0 saturated carbocycles. The number of ether oxygens (including phenoxy) is 4. The number of nitrogens with zero attached hydrogens (tertiary/aromatic N) is 4. The quantitative estimate of drug-likeness (QED) is 0.216. The van der Waals surface area contributed by atoms with Gasteiger partial charge in [-0.15, -0.1) is 0 Å². The lowest BCUT2D eigenvalue weighted by molar-refractivity contribution is -0.183. The summed E-state index contributed by atoms with van der Waals surface area (Å²) in [4.78, 5) is 50.9. The Hall–Kier alpha value is -3.61. The van der Waals surface area contributed by atoms with Crippen LogP contribution in [0.1, 0.15) is 46.4 Å². The topological polar surface area (TPSA) is 158 Å². The fraction of sp³-hybridized carbons (Fsp3) is 0.481. The monoisotopic (exact) mass is 573 g/mol. The van der Waals surface area contributed by atoms with E-state index in [1.54, 1.807) is 35.8 Å². The first-order valence-corrected chi connectivity index (χ1v) is 13.1. The first-order chi connectivity index (χ1) is 18.9. The summed E-state index contributed by atoms with van der Waals surface area (Å²) in [5.41, 5.74) is 4.49. The van der Waals surface area contributed by atoms with E-state index in [1.807, 2.05) is 19.9 Å². The molecular formula is C27H32ClN5O7. The van der Waals surface area contributed by atoms with Crippen molar-refractivity contribution in [1.82, 2.24) is 19.5 Å². The van der Waals surface area contributed by atoms with E-state index in [0.717, 1.165) is 0 Å². The van der Waals surface area contributed by atoms with Crippen molar-refractivity contribution in [3.8, 4) is 0 Å². The van der Waals surface area contributed by atoms with Gasteiger partial charge in [0, 0.05) is 18.8 Å². The number of anilines is 1. The molecule has 1 aliphatic rings. The molecule has 214 valence electrons. The van der Waals surface area contributed by atoms with Crippen molar-refractivity contribution in [2.24, 2.45) is 5.41 Å². The van der Waals surface area contributed by atoms with E-state index in [9.17, 15) is 14.4 Å². The Morgan fingerprint density at radius 3 is 2.50 bits per heavy atom. The summed E-state index contributed by atoms with van der Waals surface area (Å²) in [5, 5.41) is -0.0884. The van der Waals surface area contributed by atoms with Crippen molar-refractivity contribution in [3.05, 3.63) is 47.5 Å². The number of benzene rings is 1. The third kappa shape index (κ3) is 5.51. The molecule has 0 aliphatic carbocycles. The van der Waals surface area contributed by atoms with Crippen molar-refractivity contribution < 1.29 is 33.3 Å². The van der Waals surface area contributed by atoms with Crippen molar-refractivity contribution >= 4 is 46.3 Å². The second-order valence-electron chi connectivity index (χ2n) is 10.1. The number of fused-ring (bicyclic) bond motifs is 1. The lowest BCUT2D eigenvalue weighted by atomic mass is 9.82. The predicted molar refractivity (Wildman–Crippen MR) is 144 cm³/mol. The minimum atomic E-state index is -1.91. The third-order valence-electron chi connectivity index (χ3n) is 7.06. The highest BCUT2D eigenvalue weighted by Gasteiger charge is 2.56. The van der Waals surface area contributed by atoms with Gasteiger partial charge in [0.15, 0.2) is 29.6 Å². The standard InChI is InChI=1S/C27H32ClN5O7/c1-6-37-24(36)27(15(2)34,12-17-10-8-7-9-11-17)38-13-18-26(4,5)20(39-16(3)35)23(40-18)33-14-30-19-21(29)31-25(28)32-22(19)33/h7-11,14,18,20,23H,6,12-13H2,1-5H3,(H2,29,31,32)/t18-,20+,23-,27?/m1/s1. The summed E-state index contributed by atoms with van der Waals surface area (Å²) in [7, 11) is 0. The van der Waals surface area contributed by atoms with Crippen LogP contribution in [0.15, 0.2) is 36.7 Å². The summed E-state index contributed by atoms with van der Waals surface area (Å²) in [5.74, 6) is -1.76. The van der Waals surface area contributed by atoms with E-state index in [1.165, 1.54) is 20.2 Å². The van der Waals surface area contributed by atoms with Crippen molar-refractivity contribution in [3.63, 3.8) is 0 Å². The lowest BCUT2D eigenvalue weighted by Gasteiger charge is -2.34. The zero-order valence-corrected chi connectivity index (χ0v) is 23.7. The van der Waals surface area contributed by atoms with Gasteiger partial charge < -0.3 is 24.7 Å². The second-order valence-corrected chi connectivity index (χ2v) is 10.5. The number of aromatic nitrogens is 4. The Kier molecular flexibility index (Phi) is 8.43. The summed E-state index contributed by atoms with van der Waals surface area (Å²) in [6.45, 7) is 7.77. The molecule has 3 aromatic rings. The van der Waals surface area contributed by atoms with Crippen LogP contribution in [0.4, 0.5) is 5.82 Å². The normalized spacial score (nSPS) is 21.6. The van der Waals surface area contributed by atoms with Crippen molar-refractivity contribution in [2.75, 3.05) is 18.9 Å². The summed E-state index contributed by atoms with van der Waals surface area (Å²) < 4.78 is 25.2. The molecule has 2 aromatic heterocycles. The van der Waals surface area contributed by atoms with Crippen LogP contribution in [0.5, 0.6) is 0 Å². The number of rotatable bonds is 10. The Labute approximate surface area is 236 Å². The molecule has 4 rings (SSSR count). The fourth-order valence-corrected chi connectivity index (χ4v) is 4.99. The van der Waals surface area contributed by atoms with E-state index < -0.39 is 47.2 Å². The number of imidazole rings is 1. The fourth-order valence-electron chi connectivity index (χ4n) is 4.82. The van der Waals surface area contributed by atoms with Gasteiger partial charge in [0.1, 0.15) is 5.52 Å². The molecule has 1 saturated heterocycles. The van der Waals surface area contributed by atoms with Gasteiger partial charge in [-0.2, -0.15) is 9.97 Å². The minimum absolute atomic E-state index is 0.0349. The maximum absolute atomic E-state index is 13.2. The number of hydrogen-bond acceptors (Lipinski definition) is 11. The molecule has 12 nitrogen and oxygen atoms in total. The van der Waals surface area contributed by atoms with Gasteiger partial charge in [0.05, 0.1) is 25.6 Å². The number of esters is 2. The SMILES string of the molecule is CCOC(=O)C(Cc1ccccc1)(OC[C@H]1O[C@@H](n2cnc3c(N)nc(Cl)nc32)[C@H](OC(C)=O)C1(C)C)C(C)=O. The second kappa shape index (κ2) is 11.5. The van der Waals surface area contributed by atoms with E-state index in [4.69, 9.17) is 36.3 Å². The minimum Gasteiger partial charge on any atom is -0.463 e. The van der Waals surface area contributed by atoms with E-state index >= 15 is 0 Å². The molecule has 0 spiro atoms. The number of carbonyl (C=O) groups is 3. The van der Waals surface area contributed by atoms with Crippen LogP contribution < -0.4 is 5.73 Å². The number of nitrogens with two attached hydrogens (primary N) is 1. The number of nitrogen functional groups attached to an aromatic ring is 1. The third-order valence-corrected chi connectivity index (χ3v) is 7.23. The highest BCUT2D eigenvalue weighted by molar-refractivity contribution is 6.28. The van der Waals surface area contributed by atoms with E-state index in [-0.39, 0.29) is 36.4 Å². The van der Waals surface area contributed by atoms with Crippen LogP contribution in [0.3, 0.4) is 0 Å². The van der Waals surface area contributed by atoms with Crippen LogP contribution in [0.2, 0.25) is 5.28 Å². The zero-order valence-electron chi connectivity index (χ0n) is 22.9. The smallest absolute Gasteiger partial charge is 0.346 e. The lowest BCUT2D eigenvalue weighted by Crippen LogP contribution is -2.53. The molecular weight excluding hydrogens is 542 g/mol. The average molecular weight is 574 g/mol. The Morgan fingerprint density at radius 1 is 1.18 bits per heavy atom. The van der Waals surface area contributed by atoms with Crippen molar-refractivity contribution in [1.29, 1.82) is 0 Å². The maximum atomic E-state index is 13.2. The summed E-state index contributed by atoms with van der Waals surface area (Å²) in [6, 6.07) is 9.04. The Balaban J connectivity index is 1.70. The molecule has 1 aromatic carbocycles. The number of hydrogen-bond donors (Lipinski definition) is 1. The van der Waals surface area contributed by atoms with Gasteiger partial charge in [-0.3, -0.25) is 14.2 Å². The first kappa shape index (κ1) is 29.4. The highest BCUT2D eigenvalue weighted by Crippen LogP contribution is 2.46. The van der Waals surface area contributed by atoms with Crippen LogP contribution >= 0.6 is 11.6 Å². The van der Waals surface area contributed by atoms with Crippen LogP contribution in [-0.4, -0.2) is 68.3 Å². The van der Waals surface area contributed by atoms with Crippen LogP contribution in [-0.2, 0) is 39.8 Å². The van der Waals surface area contributed by atoms with Gasteiger partial charge in [-0.1, -0.05) is 44.2 Å². The van der Waals surface area contributed by atoms with Gasteiger partial charge >= 0.3 is 11.9 Å². The Bertz CT molecular complexity index is 1410. The largest absolute Gasteiger partial charge is 0.463 e. The van der Waals surface area contributed by atoms with Crippen LogP contribution in [0, 0.1) is 5.41 Å². The highest BCUT2D eigenvalue weighted by atomic mass is 35.5. The molecule has 3 heterocycles. The predicted octanol–water partition coefficient (Wildman–Crippen LogP) is 3.07. The van der Waals surface area contributed by atoms with Gasteiger partial charge in [-0.25, -0.2) is 9.78 Å².